The molecule has 0 saturated heterocycles. The predicted octanol–water partition coefficient (Wildman–Crippen LogP) is 1.09. The Morgan fingerprint density at radius 3 is 2.90 bits per heavy atom. The Morgan fingerprint density at radius 1 is 1.40 bits per heavy atom. The second kappa shape index (κ2) is 6.83. The van der Waals surface area contributed by atoms with Gasteiger partial charge in [-0.3, -0.25) is 9.89 Å². The van der Waals surface area contributed by atoms with Crippen LogP contribution in [0.4, 0.5) is 0 Å². The highest BCUT2D eigenvalue weighted by atomic mass is 16.5. The van der Waals surface area contributed by atoms with Crippen LogP contribution in [0.5, 0.6) is 0 Å². The molecule has 0 aromatic carbocycles. The monoisotopic (exact) mass is 277 g/mol. The largest absolute Gasteiger partial charge is 0.361 e. The molecular weight excluding hydrogens is 258 g/mol. The summed E-state index contributed by atoms with van der Waals surface area (Å²) in [6.07, 6.45) is 4.22. The maximum atomic E-state index is 11.7. The maximum Gasteiger partial charge on any atom is 0.220 e. The van der Waals surface area contributed by atoms with E-state index >= 15 is 0 Å². The third-order valence-corrected chi connectivity index (χ3v) is 3.16. The second-order valence-corrected chi connectivity index (χ2v) is 4.69. The lowest BCUT2D eigenvalue weighted by molar-refractivity contribution is -0.121. The fraction of sp³-hybridized carbons (Fsp3) is 0.538. The Kier molecular flexibility index (Phi) is 4.86. The molecule has 0 saturated carbocycles. The average molecular weight is 277 g/mol. The van der Waals surface area contributed by atoms with Crippen molar-refractivity contribution in [2.45, 2.75) is 39.5 Å². The van der Waals surface area contributed by atoms with Gasteiger partial charge in [-0.1, -0.05) is 5.16 Å². The highest BCUT2D eigenvalue weighted by Gasteiger charge is 2.10. The molecule has 7 heteroatoms. The van der Waals surface area contributed by atoms with Crippen molar-refractivity contribution in [3.05, 3.63) is 29.2 Å². The molecule has 0 atom stereocenters. The lowest BCUT2D eigenvalue weighted by Gasteiger charge is -2.04. The van der Waals surface area contributed by atoms with Crippen molar-refractivity contribution in [3.8, 4) is 0 Å². The van der Waals surface area contributed by atoms with Gasteiger partial charge >= 0.3 is 0 Å². The zero-order valence-electron chi connectivity index (χ0n) is 11.8. The number of aromatic nitrogens is 4. The van der Waals surface area contributed by atoms with Gasteiger partial charge in [-0.25, -0.2) is 4.98 Å². The average Bonchev–Trinajstić information content (AvgIpc) is 3.04. The number of hydrogen-bond donors (Lipinski definition) is 2. The van der Waals surface area contributed by atoms with Crippen LogP contribution >= 0.6 is 0 Å². The van der Waals surface area contributed by atoms with Crippen molar-refractivity contribution >= 4 is 5.91 Å². The number of nitrogens with one attached hydrogen (secondary N) is 2. The van der Waals surface area contributed by atoms with E-state index in [-0.39, 0.29) is 5.91 Å². The summed E-state index contributed by atoms with van der Waals surface area (Å²) < 4.78 is 5.07. The summed E-state index contributed by atoms with van der Waals surface area (Å²) in [7, 11) is 0. The number of nitrogens with zero attached hydrogens (tertiary/aromatic N) is 3. The standard InChI is InChI=1S/C13H19N5O2/c1-9-11(10(2)20-18-9)5-6-13(19)14-7-3-4-12-15-8-16-17-12/h8H,3-7H2,1-2H3,(H,14,19)(H,15,16,17). The van der Waals surface area contributed by atoms with Crippen LogP contribution in [0, 0.1) is 13.8 Å². The molecule has 2 rings (SSSR count). The molecular formula is C13H19N5O2. The van der Waals surface area contributed by atoms with E-state index in [1.807, 2.05) is 13.8 Å². The van der Waals surface area contributed by atoms with Gasteiger partial charge < -0.3 is 9.84 Å². The van der Waals surface area contributed by atoms with Gasteiger partial charge in [-0.15, -0.1) is 0 Å². The first-order valence-corrected chi connectivity index (χ1v) is 6.69. The molecule has 0 aliphatic rings. The first-order chi connectivity index (χ1) is 9.66. The summed E-state index contributed by atoms with van der Waals surface area (Å²) in [5.74, 6) is 1.68. The van der Waals surface area contributed by atoms with Gasteiger partial charge in [0.15, 0.2) is 0 Å². The Labute approximate surface area is 117 Å². The number of amides is 1. The number of rotatable bonds is 7. The molecule has 2 aromatic rings. The molecule has 0 bridgehead atoms. The molecule has 7 nitrogen and oxygen atoms in total. The van der Waals surface area contributed by atoms with E-state index in [9.17, 15) is 4.79 Å². The molecule has 0 unspecified atom stereocenters. The minimum absolute atomic E-state index is 0.0440. The molecule has 0 aliphatic heterocycles. The Hall–Kier alpha value is -2.18. The van der Waals surface area contributed by atoms with Crippen LogP contribution in [-0.4, -0.2) is 32.8 Å². The molecule has 2 aromatic heterocycles. The first kappa shape index (κ1) is 14.2. The van der Waals surface area contributed by atoms with Crippen molar-refractivity contribution in [1.82, 2.24) is 25.7 Å². The van der Waals surface area contributed by atoms with Crippen molar-refractivity contribution in [2.75, 3.05) is 6.54 Å². The Balaban J connectivity index is 1.63. The van der Waals surface area contributed by atoms with E-state index < -0.39 is 0 Å². The smallest absolute Gasteiger partial charge is 0.220 e. The van der Waals surface area contributed by atoms with Crippen LogP contribution in [0.2, 0.25) is 0 Å². The van der Waals surface area contributed by atoms with Crippen LogP contribution in [-0.2, 0) is 17.6 Å². The van der Waals surface area contributed by atoms with Gasteiger partial charge in [0.1, 0.15) is 17.9 Å². The van der Waals surface area contributed by atoms with E-state index in [1.54, 1.807) is 0 Å². The summed E-state index contributed by atoms with van der Waals surface area (Å²) >= 11 is 0. The van der Waals surface area contributed by atoms with Gasteiger partial charge in [0.05, 0.1) is 5.69 Å². The zero-order valence-corrected chi connectivity index (χ0v) is 11.8. The number of H-pyrrole nitrogens is 1. The highest BCUT2D eigenvalue weighted by molar-refractivity contribution is 5.76. The van der Waals surface area contributed by atoms with Crippen molar-refractivity contribution in [3.63, 3.8) is 0 Å². The van der Waals surface area contributed by atoms with Crippen LogP contribution < -0.4 is 5.32 Å². The van der Waals surface area contributed by atoms with Gasteiger partial charge in [-0.05, 0) is 26.7 Å². The van der Waals surface area contributed by atoms with E-state index in [0.29, 0.717) is 19.4 Å². The summed E-state index contributed by atoms with van der Waals surface area (Å²) in [4.78, 5) is 15.7. The summed E-state index contributed by atoms with van der Waals surface area (Å²) in [5.41, 5.74) is 1.89. The van der Waals surface area contributed by atoms with E-state index in [4.69, 9.17) is 4.52 Å². The van der Waals surface area contributed by atoms with Crippen LogP contribution in [0.3, 0.4) is 0 Å². The normalized spacial score (nSPS) is 10.7. The Bertz CT molecular complexity index is 528. The molecule has 2 N–H and O–H groups in total. The minimum atomic E-state index is 0.0440. The third-order valence-electron chi connectivity index (χ3n) is 3.16. The molecule has 0 radical (unpaired) electrons. The van der Waals surface area contributed by atoms with Crippen molar-refractivity contribution < 1.29 is 9.32 Å². The molecule has 2 heterocycles. The lowest BCUT2D eigenvalue weighted by Crippen LogP contribution is -2.25. The third kappa shape index (κ3) is 3.91. The van der Waals surface area contributed by atoms with E-state index in [0.717, 1.165) is 35.7 Å². The molecule has 0 fully saturated rings. The van der Waals surface area contributed by atoms with Crippen LogP contribution in [0.25, 0.3) is 0 Å². The summed E-state index contributed by atoms with van der Waals surface area (Å²) in [6, 6.07) is 0. The fourth-order valence-electron chi connectivity index (χ4n) is 2.02. The van der Waals surface area contributed by atoms with E-state index in [1.165, 1.54) is 6.33 Å². The quantitative estimate of drug-likeness (QED) is 0.738. The van der Waals surface area contributed by atoms with Crippen LogP contribution in [0.15, 0.2) is 10.9 Å². The molecule has 20 heavy (non-hydrogen) atoms. The maximum absolute atomic E-state index is 11.7. The molecule has 0 spiro atoms. The van der Waals surface area contributed by atoms with Gasteiger partial charge in [0.2, 0.25) is 5.91 Å². The molecule has 108 valence electrons. The van der Waals surface area contributed by atoms with Gasteiger partial charge in [-0.2, -0.15) is 5.10 Å². The number of hydrogen-bond acceptors (Lipinski definition) is 5. The number of carbonyl (C=O) groups is 1. The zero-order chi connectivity index (χ0) is 14.4. The Morgan fingerprint density at radius 2 is 2.25 bits per heavy atom. The van der Waals surface area contributed by atoms with Crippen molar-refractivity contribution in [2.24, 2.45) is 0 Å². The fourth-order valence-corrected chi connectivity index (χ4v) is 2.02. The second-order valence-electron chi connectivity index (χ2n) is 4.69. The molecule has 1 amide bonds. The highest BCUT2D eigenvalue weighted by Crippen LogP contribution is 2.14. The van der Waals surface area contributed by atoms with Gasteiger partial charge in [0, 0.05) is 24.9 Å². The predicted molar refractivity (Wildman–Crippen MR) is 72.0 cm³/mol. The number of aromatic amines is 1. The first-order valence-electron chi connectivity index (χ1n) is 6.69. The number of aryl methyl sites for hydroxylation is 3. The SMILES string of the molecule is Cc1noc(C)c1CCC(=O)NCCCc1ncn[nH]1. The number of carbonyl (C=O) groups excluding carboxylic acids is 1. The molecule has 0 aliphatic carbocycles. The van der Waals surface area contributed by atoms with E-state index in [2.05, 4.69) is 25.7 Å². The minimum Gasteiger partial charge on any atom is -0.361 e. The summed E-state index contributed by atoms with van der Waals surface area (Å²) in [5, 5.41) is 13.3. The topological polar surface area (TPSA) is 96.7 Å². The van der Waals surface area contributed by atoms with Crippen molar-refractivity contribution in [1.29, 1.82) is 0 Å². The van der Waals surface area contributed by atoms with Gasteiger partial charge in [0.25, 0.3) is 0 Å². The van der Waals surface area contributed by atoms with Crippen LogP contribution in [0.1, 0.15) is 35.7 Å². The lowest BCUT2D eigenvalue weighted by atomic mass is 10.1. The summed E-state index contributed by atoms with van der Waals surface area (Å²) in [6.45, 7) is 4.40.